The molecule has 5 atom stereocenters. The number of aliphatic hydroxyl groups is 2. The number of esters is 1. The second-order valence-electron chi connectivity index (χ2n) is 10.1. The first-order chi connectivity index (χ1) is 17.2. The Bertz CT molecular complexity index is 1280. The molecule has 9 nitrogen and oxygen atoms in total. The zero-order valence-corrected chi connectivity index (χ0v) is 19.7. The minimum Gasteiger partial charge on any atom is -0.504 e. The molecule has 36 heavy (non-hydrogen) atoms. The maximum atomic E-state index is 13.0. The Hall–Kier alpha value is -3.40. The molecule has 0 radical (unpaired) electrons. The van der Waals surface area contributed by atoms with E-state index in [2.05, 4.69) is 4.90 Å². The Kier molecular flexibility index (Phi) is 4.99. The van der Waals surface area contributed by atoms with Crippen molar-refractivity contribution in [2.24, 2.45) is 0 Å². The molecule has 1 spiro atoms. The number of aldehydes is 1. The summed E-state index contributed by atoms with van der Waals surface area (Å²) >= 11 is 0. The number of ether oxygens (including phenoxy) is 3. The summed E-state index contributed by atoms with van der Waals surface area (Å²) in [6.07, 6.45) is 1.67. The number of likely N-dealkylation sites (N-methyl/N-ethyl adjacent to an activating group) is 1. The number of para-hydroxylation sites is 1. The van der Waals surface area contributed by atoms with Crippen molar-refractivity contribution in [2.75, 3.05) is 13.6 Å². The quantitative estimate of drug-likeness (QED) is 0.238. The van der Waals surface area contributed by atoms with Crippen molar-refractivity contribution in [3.63, 3.8) is 0 Å². The van der Waals surface area contributed by atoms with Gasteiger partial charge in [0.15, 0.2) is 17.6 Å². The third-order valence-corrected chi connectivity index (χ3v) is 8.27. The molecule has 6 rings (SSSR count). The summed E-state index contributed by atoms with van der Waals surface area (Å²) in [6.45, 7) is 0.670. The number of nitrogens with zero attached hydrogens (tertiary/aromatic N) is 1. The molecule has 1 fully saturated rings. The van der Waals surface area contributed by atoms with Crippen LogP contribution in [-0.4, -0.2) is 69.6 Å². The van der Waals surface area contributed by atoms with Gasteiger partial charge in [-0.25, -0.2) is 4.79 Å². The van der Waals surface area contributed by atoms with E-state index < -0.39 is 35.3 Å². The third-order valence-electron chi connectivity index (χ3n) is 8.27. The predicted molar refractivity (Wildman–Crippen MR) is 125 cm³/mol. The van der Waals surface area contributed by atoms with E-state index in [9.17, 15) is 24.9 Å². The zero-order valence-electron chi connectivity index (χ0n) is 19.7. The fourth-order valence-electron chi connectivity index (χ4n) is 6.59. The van der Waals surface area contributed by atoms with Crippen LogP contribution in [-0.2, 0) is 26.2 Å². The summed E-state index contributed by atoms with van der Waals surface area (Å²) in [7, 11) is 1.98. The number of carbonyl (C=O) groups is 2. The maximum Gasteiger partial charge on any atom is 0.385 e. The van der Waals surface area contributed by atoms with Gasteiger partial charge >= 0.3 is 11.8 Å². The van der Waals surface area contributed by atoms with Crippen LogP contribution in [0, 0.1) is 0 Å². The molecule has 1 saturated heterocycles. The summed E-state index contributed by atoms with van der Waals surface area (Å²) < 4.78 is 17.5. The average Bonchev–Trinajstić information content (AvgIpc) is 3.22. The van der Waals surface area contributed by atoms with Crippen molar-refractivity contribution in [3.8, 4) is 17.2 Å². The van der Waals surface area contributed by atoms with Gasteiger partial charge in [0, 0.05) is 18.0 Å². The van der Waals surface area contributed by atoms with E-state index >= 15 is 0 Å². The first-order valence-corrected chi connectivity index (χ1v) is 12.0. The number of likely N-dealkylation sites (tertiary alicyclic amines) is 1. The molecule has 2 aromatic rings. The van der Waals surface area contributed by atoms with Crippen LogP contribution < -0.4 is 9.47 Å². The van der Waals surface area contributed by atoms with Crippen molar-refractivity contribution in [3.05, 3.63) is 65.4 Å². The van der Waals surface area contributed by atoms with Gasteiger partial charge < -0.3 is 39.2 Å². The molecule has 2 bridgehead atoms. The molecular formula is C27H27NO8. The van der Waals surface area contributed by atoms with Gasteiger partial charge in [-0.3, -0.25) is 0 Å². The van der Waals surface area contributed by atoms with Crippen LogP contribution in [0.15, 0.2) is 54.3 Å². The van der Waals surface area contributed by atoms with Crippen molar-refractivity contribution in [1.82, 2.24) is 4.90 Å². The van der Waals surface area contributed by atoms with E-state index in [1.807, 2.05) is 13.1 Å². The molecule has 0 aromatic heterocycles. The second-order valence-corrected chi connectivity index (χ2v) is 10.1. The van der Waals surface area contributed by atoms with Gasteiger partial charge in [0.25, 0.3) is 0 Å². The number of benzene rings is 2. The lowest BCUT2D eigenvalue weighted by molar-refractivity contribution is -0.221. The first kappa shape index (κ1) is 23.0. The van der Waals surface area contributed by atoms with Gasteiger partial charge in [-0.2, -0.15) is 0 Å². The lowest BCUT2D eigenvalue weighted by Gasteiger charge is -2.61. The smallest absolute Gasteiger partial charge is 0.385 e. The van der Waals surface area contributed by atoms with E-state index in [0.29, 0.717) is 25.7 Å². The van der Waals surface area contributed by atoms with E-state index in [0.717, 1.165) is 11.1 Å². The Labute approximate surface area is 207 Å². The lowest BCUT2D eigenvalue weighted by atomic mass is 9.50. The van der Waals surface area contributed by atoms with Gasteiger partial charge in [-0.1, -0.05) is 24.3 Å². The minimum absolute atomic E-state index is 0.0526. The van der Waals surface area contributed by atoms with E-state index in [4.69, 9.17) is 14.2 Å². The lowest BCUT2D eigenvalue weighted by Crippen LogP contribution is -2.74. The molecule has 2 aliphatic carbocycles. The molecule has 0 amide bonds. The minimum atomic E-state index is -2.61. The number of carbonyl (C=O) groups excluding carboxylic acids is 2. The monoisotopic (exact) mass is 493 g/mol. The maximum absolute atomic E-state index is 13.0. The van der Waals surface area contributed by atoms with Gasteiger partial charge in [-0.15, -0.1) is 0 Å². The molecule has 4 aliphatic rings. The van der Waals surface area contributed by atoms with Crippen LogP contribution in [0.5, 0.6) is 17.2 Å². The summed E-state index contributed by atoms with van der Waals surface area (Å²) in [4.78, 5) is 26.6. The SMILES string of the molecule is CN1CC[C@]23c4c5ccc(O)c4O[C@H]2C(OC(O)(CC=O)C(=O)Oc2ccccc2)=CC[C@@]3(O)[C@H]1C5. The molecule has 9 heteroatoms. The highest BCUT2D eigenvalue weighted by molar-refractivity contribution is 5.83. The van der Waals surface area contributed by atoms with Gasteiger partial charge in [-0.05, 0) is 56.3 Å². The highest BCUT2D eigenvalue weighted by Gasteiger charge is 2.72. The molecule has 0 saturated carbocycles. The zero-order chi connectivity index (χ0) is 25.3. The van der Waals surface area contributed by atoms with Crippen molar-refractivity contribution < 1.29 is 39.1 Å². The van der Waals surface area contributed by atoms with E-state index in [1.54, 1.807) is 42.5 Å². The van der Waals surface area contributed by atoms with Crippen LogP contribution in [0.4, 0.5) is 0 Å². The van der Waals surface area contributed by atoms with Gasteiger partial charge in [0.05, 0.1) is 17.4 Å². The van der Waals surface area contributed by atoms with Crippen LogP contribution in [0.1, 0.15) is 30.4 Å². The molecule has 2 aromatic carbocycles. The Morgan fingerprint density at radius 1 is 1.28 bits per heavy atom. The van der Waals surface area contributed by atoms with Crippen LogP contribution in [0.3, 0.4) is 0 Å². The summed E-state index contributed by atoms with van der Waals surface area (Å²) in [6, 6.07) is 11.4. The standard InChI is InChI=1S/C27H27NO8/c1-28-13-11-25-21-16-7-8-18(30)22(21)35-23(25)19(9-10-26(25,32)20(28)15-16)36-27(33,12-14-29)24(31)34-17-5-3-2-4-6-17/h2-9,14,20,23,30,32-33H,10-13,15H2,1H3/t20-,23+,25+,26-,27?/m1/s1. The molecule has 2 aliphatic heterocycles. The molecular weight excluding hydrogens is 466 g/mol. The van der Waals surface area contributed by atoms with Crippen molar-refractivity contribution in [1.29, 1.82) is 0 Å². The highest BCUT2D eigenvalue weighted by atomic mass is 16.7. The van der Waals surface area contributed by atoms with E-state index in [1.165, 1.54) is 0 Å². The number of hydrogen-bond acceptors (Lipinski definition) is 9. The van der Waals surface area contributed by atoms with Gasteiger partial charge in [0.2, 0.25) is 0 Å². The van der Waals surface area contributed by atoms with Crippen molar-refractivity contribution >= 4 is 12.3 Å². The van der Waals surface area contributed by atoms with Gasteiger partial charge in [0.1, 0.15) is 17.8 Å². The fraction of sp³-hybridized carbons (Fsp3) is 0.407. The number of piperidine rings is 1. The number of phenolic OH excluding ortho intramolecular Hbond substituents is 1. The summed E-state index contributed by atoms with van der Waals surface area (Å²) in [5.74, 6) is -3.24. The van der Waals surface area contributed by atoms with Crippen molar-refractivity contribution in [2.45, 2.75) is 54.6 Å². The molecule has 188 valence electrons. The third kappa shape index (κ3) is 2.93. The Morgan fingerprint density at radius 2 is 2.06 bits per heavy atom. The average molecular weight is 494 g/mol. The molecule has 1 unspecified atom stereocenters. The fourth-order valence-corrected chi connectivity index (χ4v) is 6.59. The van der Waals surface area contributed by atoms with Crippen LogP contribution >= 0.6 is 0 Å². The van der Waals surface area contributed by atoms with E-state index in [-0.39, 0.29) is 35.5 Å². The predicted octanol–water partition coefficient (Wildman–Crippen LogP) is 1.57. The summed E-state index contributed by atoms with van der Waals surface area (Å²) in [5.41, 5.74) is -0.461. The summed E-state index contributed by atoms with van der Waals surface area (Å²) in [5, 5.41) is 34.0. The Balaban J connectivity index is 1.41. The first-order valence-electron chi connectivity index (χ1n) is 12.0. The second kappa shape index (κ2) is 7.80. The number of rotatable bonds is 6. The highest BCUT2D eigenvalue weighted by Crippen LogP contribution is 2.65. The Morgan fingerprint density at radius 3 is 2.81 bits per heavy atom. The topological polar surface area (TPSA) is 126 Å². The number of phenols is 1. The number of hydrogen-bond donors (Lipinski definition) is 3. The normalized spacial score (nSPS) is 31.4. The molecule has 2 heterocycles. The van der Waals surface area contributed by atoms with Crippen LogP contribution in [0.2, 0.25) is 0 Å². The number of aromatic hydroxyl groups is 1. The largest absolute Gasteiger partial charge is 0.504 e. The molecule has 3 N–H and O–H groups in total. The van der Waals surface area contributed by atoms with Crippen LogP contribution in [0.25, 0.3) is 0 Å².